The van der Waals surface area contributed by atoms with E-state index in [-0.39, 0.29) is 5.91 Å². The number of pyridine rings is 1. The zero-order valence-corrected chi connectivity index (χ0v) is 12.1. The molecule has 4 nitrogen and oxygen atoms in total. The van der Waals surface area contributed by atoms with Crippen molar-refractivity contribution in [3.63, 3.8) is 0 Å². The lowest BCUT2D eigenvalue weighted by Crippen LogP contribution is -2.34. The van der Waals surface area contributed by atoms with Crippen molar-refractivity contribution in [2.24, 2.45) is 0 Å². The number of hydrogen-bond acceptors (Lipinski definition) is 3. The number of nitrogens with one attached hydrogen (secondary N) is 1. The second-order valence-electron chi connectivity index (χ2n) is 4.67. The molecule has 0 saturated heterocycles. The molecule has 1 rings (SSSR count). The molecule has 0 radical (unpaired) electrons. The predicted molar refractivity (Wildman–Crippen MR) is 77.7 cm³/mol. The summed E-state index contributed by atoms with van der Waals surface area (Å²) in [5, 5.41) is 3.28. The number of hydrogen-bond donors (Lipinski definition) is 1. The Labute approximate surface area is 116 Å². The second kappa shape index (κ2) is 9.50. The van der Waals surface area contributed by atoms with Crippen LogP contribution in [0.5, 0.6) is 0 Å². The molecule has 106 valence electrons. The first-order valence-electron chi connectivity index (χ1n) is 7.15. The summed E-state index contributed by atoms with van der Waals surface area (Å²) in [7, 11) is 0. The molecule has 0 aliphatic heterocycles. The van der Waals surface area contributed by atoms with Crippen LogP contribution < -0.4 is 5.32 Å². The van der Waals surface area contributed by atoms with Gasteiger partial charge >= 0.3 is 0 Å². The van der Waals surface area contributed by atoms with Gasteiger partial charge in [0.05, 0.1) is 0 Å². The molecule has 1 aromatic heterocycles. The first kappa shape index (κ1) is 15.6. The monoisotopic (exact) mass is 263 g/mol. The van der Waals surface area contributed by atoms with Crippen molar-refractivity contribution in [2.45, 2.75) is 39.7 Å². The summed E-state index contributed by atoms with van der Waals surface area (Å²) in [6.07, 6.45) is 6.22. The van der Waals surface area contributed by atoms with E-state index in [0.717, 1.165) is 44.6 Å². The van der Waals surface area contributed by atoms with Gasteiger partial charge in [-0.25, -0.2) is 0 Å². The summed E-state index contributed by atoms with van der Waals surface area (Å²) in [6.45, 7) is 7.44. The summed E-state index contributed by atoms with van der Waals surface area (Å²) < 4.78 is 0. The Morgan fingerprint density at radius 3 is 2.63 bits per heavy atom. The van der Waals surface area contributed by atoms with E-state index < -0.39 is 0 Å². The smallest absolute Gasteiger partial charge is 0.223 e. The van der Waals surface area contributed by atoms with Crippen LogP contribution in [0.1, 0.15) is 38.7 Å². The standard InChI is InChI=1S/C15H25N3O/c1-3-10-18(11-4-2)15(19)7-9-17-13-14-6-5-8-16-12-14/h5-6,8,12,17H,3-4,7,9-11,13H2,1-2H3. The Morgan fingerprint density at radius 1 is 1.32 bits per heavy atom. The molecule has 0 atom stereocenters. The third-order valence-electron chi connectivity index (χ3n) is 2.91. The van der Waals surface area contributed by atoms with E-state index in [1.54, 1.807) is 6.20 Å². The van der Waals surface area contributed by atoms with Gasteiger partial charge in [-0.2, -0.15) is 0 Å². The lowest BCUT2D eigenvalue weighted by molar-refractivity contribution is -0.131. The molecule has 0 fully saturated rings. The average Bonchev–Trinajstić information content (AvgIpc) is 2.44. The fourth-order valence-electron chi connectivity index (χ4n) is 1.99. The van der Waals surface area contributed by atoms with Crippen LogP contribution in [0.4, 0.5) is 0 Å². The van der Waals surface area contributed by atoms with E-state index in [0.29, 0.717) is 6.42 Å². The zero-order chi connectivity index (χ0) is 13.9. The maximum atomic E-state index is 12.0. The maximum absolute atomic E-state index is 12.0. The van der Waals surface area contributed by atoms with Crippen LogP contribution in [0.3, 0.4) is 0 Å². The summed E-state index contributed by atoms with van der Waals surface area (Å²) in [4.78, 5) is 18.0. The first-order chi connectivity index (χ1) is 9.27. The van der Waals surface area contributed by atoms with Crippen LogP contribution in [0, 0.1) is 0 Å². The molecule has 1 heterocycles. The van der Waals surface area contributed by atoms with Crippen molar-refractivity contribution in [3.05, 3.63) is 30.1 Å². The van der Waals surface area contributed by atoms with E-state index in [1.165, 1.54) is 0 Å². The predicted octanol–water partition coefficient (Wildman–Crippen LogP) is 2.21. The third kappa shape index (κ3) is 6.34. The molecular weight excluding hydrogens is 238 g/mol. The van der Waals surface area contributed by atoms with Crippen LogP contribution >= 0.6 is 0 Å². The Balaban J connectivity index is 2.22. The zero-order valence-electron chi connectivity index (χ0n) is 12.1. The molecule has 0 unspecified atom stereocenters. The van der Waals surface area contributed by atoms with Gasteiger partial charge in [0.2, 0.25) is 5.91 Å². The Kier molecular flexibility index (Phi) is 7.82. The molecule has 0 spiro atoms. The highest BCUT2D eigenvalue weighted by molar-refractivity contribution is 5.76. The number of nitrogens with zero attached hydrogens (tertiary/aromatic N) is 2. The average molecular weight is 263 g/mol. The summed E-state index contributed by atoms with van der Waals surface area (Å²) in [5.41, 5.74) is 1.15. The van der Waals surface area contributed by atoms with Gasteiger partial charge in [-0.15, -0.1) is 0 Å². The van der Waals surface area contributed by atoms with E-state index >= 15 is 0 Å². The lowest BCUT2D eigenvalue weighted by Gasteiger charge is -2.21. The molecular formula is C15H25N3O. The number of rotatable bonds is 9. The van der Waals surface area contributed by atoms with Gasteiger partial charge in [-0.3, -0.25) is 9.78 Å². The fourth-order valence-corrected chi connectivity index (χ4v) is 1.99. The highest BCUT2D eigenvalue weighted by Gasteiger charge is 2.10. The van der Waals surface area contributed by atoms with Gasteiger partial charge < -0.3 is 10.2 Å². The second-order valence-corrected chi connectivity index (χ2v) is 4.67. The van der Waals surface area contributed by atoms with E-state index in [1.807, 2.05) is 23.2 Å². The van der Waals surface area contributed by atoms with Crippen LogP contribution in [-0.2, 0) is 11.3 Å². The highest BCUT2D eigenvalue weighted by Crippen LogP contribution is 1.99. The molecule has 19 heavy (non-hydrogen) atoms. The lowest BCUT2D eigenvalue weighted by atomic mass is 10.2. The first-order valence-corrected chi connectivity index (χ1v) is 7.15. The normalized spacial score (nSPS) is 10.4. The van der Waals surface area contributed by atoms with Crippen molar-refractivity contribution in [1.29, 1.82) is 0 Å². The molecule has 4 heteroatoms. The van der Waals surface area contributed by atoms with E-state index in [2.05, 4.69) is 24.1 Å². The SMILES string of the molecule is CCCN(CCC)C(=O)CCNCc1cccnc1. The molecule has 1 amide bonds. The summed E-state index contributed by atoms with van der Waals surface area (Å²) in [5.74, 6) is 0.252. The van der Waals surface area contributed by atoms with Gasteiger partial charge in [0, 0.05) is 45.0 Å². The molecule has 1 aromatic rings. The number of carbonyl (C=O) groups is 1. The number of carbonyl (C=O) groups excluding carboxylic acids is 1. The third-order valence-corrected chi connectivity index (χ3v) is 2.91. The Hall–Kier alpha value is -1.42. The molecule has 0 aliphatic rings. The van der Waals surface area contributed by atoms with Crippen LogP contribution in [-0.4, -0.2) is 35.4 Å². The number of amides is 1. The van der Waals surface area contributed by atoms with Crippen molar-refractivity contribution in [1.82, 2.24) is 15.2 Å². The van der Waals surface area contributed by atoms with Crippen molar-refractivity contribution >= 4 is 5.91 Å². The van der Waals surface area contributed by atoms with Crippen LogP contribution in [0.2, 0.25) is 0 Å². The van der Waals surface area contributed by atoms with Crippen molar-refractivity contribution in [3.8, 4) is 0 Å². The Bertz CT molecular complexity index is 348. The summed E-state index contributed by atoms with van der Waals surface area (Å²) in [6, 6.07) is 3.95. The van der Waals surface area contributed by atoms with Crippen LogP contribution in [0.25, 0.3) is 0 Å². The topological polar surface area (TPSA) is 45.2 Å². The van der Waals surface area contributed by atoms with E-state index in [4.69, 9.17) is 0 Å². The molecule has 0 bridgehead atoms. The highest BCUT2D eigenvalue weighted by atomic mass is 16.2. The van der Waals surface area contributed by atoms with Gasteiger partial charge in [0.25, 0.3) is 0 Å². The van der Waals surface area contributed by atoms with Crippen molar-refractivity contribution in [2.75, 3.05) is 19.6 Å². The maximum Gasteiger partial charge on any atom is 0.223 e. The van der Waals surface area contributed by atoms with Gasteiger partial charge in [0.1, 0.15) is 0 Å². The minimum absolute atomic E-state index is 0.252. The molecule has 0 aromatic carbocycles. The minimum atomic E-state index is 0.252. The quantitative estimate of drug-likeness (QED) is 0.695. The van der Waals surface area contributed by atoms with E-state index in [9.17, 15) is 4.79 Å². The summed E-state index contributed by atoms with van der Waals surface area (Å²) >= 11 is 0. The van der Waals surface area contributed by atoms with Gasteiger partial charge in [-0.05, 0) is 24.5 Å². The van der Waals surface area contributed by atoms with Crippen LogP contribution in [0.15, 0.2) is 24.5 Å². The van der Waals surface area contributed by atoms with Crippen molar-refractivity contribution < 1.29 is 4.79 Å². The molecule has 1 N–H and O–H groups in total. The molecule has 0 aliphatic carbocycles. The van der Waals surface area contributed by atoms with Gasteiger partial charge in [-0.1, -0.05) is 19.9 Å². The Morgan fingerprint density at radius 2 is 2.05 bits per heavy atom. The number of aromatic nitrogens is 1. The largest absolute Gasteiger partial charge is 0.343 e. The minimum Gasteiger partial charge on any atom is -0.343 e. The molecule has 0 saturated carbocycles. The van der Waals surface area contributed by atoms with Gasteiger partial charge in [0.15, 0.2) is 0 Å². The fraction of sp³-hybridized carbons (Fsp3) is 0.600.